The van der Waals surface area contributed by atoms with E-state index in [9.17, 15) is 9.90 Å². The lowest BCUT2D eigenvalue weighted by atomic mass is 10.1. The third kappa shape index (κ3) is 5.65. The molecule has 0 aliphatic carbocycles. The van der Waals surface area contributed by atoms with Crippen molar-refractivity contribution < 1.29 is 24.3 Å². The SMILES string of the molecule is COc1cc(C(C)=O)ccc1OC[C@H](O)C[NH+]1CCN(c2ccc(C)c(Cl)c2)CC1. The summed E-state index contributed by atoms with van der Waals surface area (Å²) in [5, 5.41) is 11.2. The molecule has 6 nitrogen and oxygen atoms in total. The largest absolute Gasteiger partial charge is 0.493 e. The van der Waals surface area contributed by atoms with Crippen LogP contribution >= 0.6 is 11.6 Å². The third-order valence-corrected chi connectivity index (χ3v) is 5.92. The minimum Gasteiger partial charge on any atom is -0.493 e. The minimum atomic E-state index is -0.586. The highest BCUT2D eigenvalue weighted by atomic mass is 35.5. The molecule has 0 aromatic heterocycles. The number of ketones is 1. The van der Waals surface area contributed by atoms with Crippen LogP contribution in [0.4, 0.5) is 5.69 Å². The number of quaternary nitrogens is 1. The van der Waals surface area contributed by atoms with Gasteiger partial charge in [-0.2, -0.15) is 0 Å². The van der Waals surface area contributed by atoms with Gasteiger partial charge in [-0.25, -0.2) is 0 Å². The fourth-order valence-corrected chi connectivity index (χ4v) is 3.82. The molecule has 2 aromatic rings. The lowest BCUT2D eigenvalue weighted by molar-refractivity contribution is -0.903. The number of aryl methyl sites for hydroxylation is 1. The summed E-state index contributed by atoms with van der Waals surface area (Å²) in [4.78, 5) is 15.2. The van der Waals surface area contributed by atoms with Crippen LogP contribution < -0.4 is 19.3 Å². The summed E-state index contributed by atoms with van der Waals surface area (Å²) >= 11 is 6.26. The van der Waals surface area contributed by atoms with Gasteiger partial charge in [-0.3, -0.25) is 4.79 Å². The predicted octanol–water partition coefficient (Wildman–Crippen LogP) is 2.00. The molecule has 1 atom stereocenters. The number of nitrogens with one attached hydrogen (secondary N) is 1. The first kappa shape index (κ1) is 22.4. The maximum absolute atomic E-state index is 11.5. The molecule has 0 radical (unpaired) electrons. The zero-order valence-corrected chi connectivity index (χ0v) is 18.5. The highest BCUT2D eigenvalue weighted by Gasteiger charge is 2.23. The van der Waals surface area contributed by atoms with E-state index in [1.165, 1.54) is 18.9 Å². The number of rotatable bonds is 8. The van der Waals surface area contributed by atoms with Crippen LogP contribution in [-0.2, 0) is 0 Å². The maximum Gasteiger partial charge on any atom is 0.161 e. The van der Waals surface area contributed by atoms with Crippen LogP contribution in [0.25, 0.3) is 0 Å². The lowest BCUT2D eigenvalue weighted by Gasteiger charge is -2.34. The number of halogens is 1. The summed E-state index contributed by atoms with van der Waals surface area (Å²) in [6.45, 7) is 8.04. The summed E-state index contributed by atoms with van der Waals surface area (Å²) in [5.74, 6) is 0.987. The fraction of sp³-hybridized carbons (Fsp3) is 0.435. The molecule has 0 saturated carbocycles. The second kappa shape index (κ2) is 10.2. The Bertz CT molecular complexity index is 882. The molecular formula is C23H30ClN2O4+. The Labute approximate surface area is 183 Å². The van der Waals surface area contributed by atoms with Crippen molar-refractivity contribution in [2.24, 2.45) is 0 Å². The van der Waals surface area contributed by atoms with E-state index in [2.05, 4.69) is 17.0 Å². The predicted molar refractivity (Wildman–Crippen MR) is 118 cm³/mol. The van der Waals surface area contributed by atoms with E-state index in [1.54, 1.807) is 18.2 Å². The molecule has 1 fully saturated rings. The third-order valence-electron chi connectivity index (χ3n) is 5.52. The summed E-state index contributed by atoms with van der Waals surface area (Å²) in [7, 11) is 1.54. The number of nitrogens with zero attached hydrogens (tertiary/aromatic N) is 1. The number of aliphatic hydroxyl groups is 1. The number of aliphatic hydroxyl groups excluding tert-OH is 1. The molecule has 7 heteroatoms. The van der Waals surface area contributed by atoms with Crippen LogP contribution in [0, 0.1) is 6.92 Å². The first-order valence-corrected chi connectivity index (χ1v) is 10.6. The quantitative estimate of drug-likeness (QED) is 0.623. The zero-order chi connectivity index (χ0) is 21.7. The van der Waals surface area contributed by atoms with E-state index in [0.717, 1.165) is 42.5 Å². The van der Waals surface area contributed by atoms with Gasteiger partial charge in [0.15, 0.2) is 17.3 Å². The van der Waals surface area contributed by atoms with Gasteiger partial charge in [0.05, 0.1) is 33.3 Å². The van der Waals surface area contributed by atoms with Crippen molar-refractivity contribution in [3.8, 4) is 11.5 Å². The van der Waals surface area contributed by atoms with Crippen molar-refractivity contribution in [3.05, 3.63) is 52.5 Å². The number of benzene rings is 2. The molecule has 162 valence electrons. The molecule has 0 unspecified atom stereocenters. The molecule has 0 amide bonds. The second-order valence-corrected chi connectivity index (χ2v) is 8.17. The van der Waals surface area contributed by atoms with Gasteiger partial charge in [-0.05, 0) is 49.7 Å². The molecule has 1 aliphatic rings. The van der Waals surface area contributed by atoms with Gasteiger partial charge in [0.1, 0.15) is 19.3 Å². The average Bonchev–Trinajstić information content (AvgIpc) is 2.74. The van der Waals surface area contributed by atoms with Crippen LogP contribution in [-0.4, -0.2) is 63.4 Å². The van der Waals surface area contributed by atoms with Gasteiger partial charge in [0.2, 0.25) is 0 Å². The van der Waals surface area contributed by atoms with Crippen LogP contribution in [0.15, 0.2) is 36.4 Å². The molecule has 1 heterocycles. The van der Waals surface area contributed by atoms with Crippen LogP contribution in [0.5, 0.6) is 11.5 Å². The van der Waals surface area contributed by atoms with E-state index < -0.39 is 6.10 Å². The van der Waals surface area contributed by atoms with Gasteiger partial charge >= 0.3 is 0 Å². The number of piperazine rings is 1. The molecule has 0 bridgehead atoms. The number of hydrogen-bond acceptors (Lipinski definition) is 5. The Kier molecular flexibility index (Phi) is 7.58. The Morgan fingerprint density at radius 1 is 1.20 bits per heavy atom. The number of Topliss-reactive ketones (excluding diaryl/α,β-unsaturated/α-hetero) is 1. The molecule has 1 saturated heterocycles. The first-order chi connectivity index (χ1) is 14.4. The lowest BCUT2D eigenvalue weighted by Crippen LogP contribution is -3.16. The van der Waals surface area contributed by atoms with Gasteiger partial charge in [0, 0.05) is 16.3 Å². The van der Waals surface area contributed by atoms with Gasteiger partial charge < -0.3 is 24.4 Å². The number of carbonyl (C=O) groups is 1. The Morgan fingerprint density at radius 2 is 1.93 bits per heavy atom. The first-order valence-electron chi connectivity index (χ1n) is 10.2. The van der Waals surface area contributed by atoms with Crippen LogP contribution in [0.1, 0.15) is 22.8 Å². The normalized spacial score (nSPS) is 15.7. The van der Waals surface area contributed by atoms with Crippen molar-refractivity contribution in [1.29, 1.82) is 0 Å². The summed E-state index contributed by atoms with van der Waals surface area (Å²) in [5.41, 5.74) is 2.80. The standard InChI is InChI=1S/C23H29ClN2O4/c1-16-4-6-19(13-21(16)24)26-10-8-25(9-11-26)14-20(28)15-30-22-7-5-18(17(2)27)12-23(22)29-3/h4-7,12-13,20,28H,8-11,14-15H2,1-3H3/p+1/t20-/m1/s1. The van der Waals surface area contributed by atoms with Crippen molar-refractivity contribution >= 4 is 23.1 Å². The second-order valence-electron chi connectivity index (χ2n) is 7.76. The summed E-state index contributed by atoms with van der Waals surface area (Å²) < 4.78 is 11.1. The van der Waals surface area contributed by atoms with Gasteiger partial charge in [0.25, 0.3) is 0 Å². The van der Waals surface area contributed by atoms with E-state index >= 15 is 0 Å². The van der Waals surface area contributed by atoms with E-state index in [-0.39, 0.29) is 12.4 Å². The Morgan fingerprint density at radius 3 is 2.57 bits per heavy atom. The van der Waals surface area contributed by atoms with E-state index in [0.29, 0.717) is 23.6 Å². The van der Waals surface area contributed by atoms with Gasteiger partial charge in [-0.15, -0.1) is 0 Å². The van der Waals surface area contributed by atoms with Crippen molar-refractivity contribution in [3.63, 3.8) is 0 Å². The summed E-state index contributed by atoms with van der Waals surface area (Å²) in [6.07, 6.45) is -0.586. The Balaban J connectivity index is 1.47. The van der Waals surface area contributed by atoms with E-state index in [4.69, 9.17) is 21.1 Å². The zero-order valence-electron chi connectivity index (χ0n) is 17.8. The molecule has 30 heavy (non-hydrogen) atoms. The number of ether oxygens (including phenoxy) is 2. The fourth-order valence-electron chi connectivity index (χ4n) is 3.65. The number of carbonyl (C=O) groups excluding carboxylic acids is 1. The average molecular weight is 434 g/mol. The highest BCUT2D eigenvalue weighted by Crippen LogP contribution is 2.28. The smallest absolute Gasteiger partial charge is 0.161 e. The van der Waals surface area contributed by atoms with E-state index in [1.807, 2.05) is 13.0 Å². The van der Waals surface area contributed by atoms with Crippen molar-refractivity contribution in [2.75, 3.05) is 51.3 Å². The Hall–Kier alpha value is -2.28. The summed E-state index contributed by atoms with van der Waals surface area (Å²) in [6, 6.07) is 11.3. The number of anilines is 1. The topological polar surface area (TPSA) is 63.4 Å². The number of methoxy groups -OCH3 is 1. The maximum atomic E-state index is 11.5. The van der Waals surface area contributed by atoms with Crippen LogP contribution in [0.3, 0.4) is 0 Å². The minimum absolute atomic E-state index is 0.0319. The number of hydrogen-bond donors (Lipinski definition) is 2. The monoisotopic (exact) mass is 433 g/mol. The highest BCUT2D eigenvalue weighted by molar-refractivity contribution is 6.31. The molecular weight excluding hydrogens is 404 g/mol. The van der Waals surface area contributed by atoms with Crippen LogP contribution in [0.2, 0.25) is 5.02 Å². The van der Waals surface area contributed by atoms with Gasteiger partial charge in [-0.1, -0.05) is 17.7 Å². The molecule has 2 N–H and O–H groups in total. The van der Waals surface area contributed by atoms with Crippen molar-refractivity contribution in [2.45, 2.75) is 20.0 Å². The molecule has 3 rings (SSSR count). The molecule has 2 aromatic carbocycles. The molecule has 1 aliphatic heterocycles. The van der Waals surface area contributed by atoms with Crippen molar-refractivity contribution in [1.82, 2.24) is 0 Å². The molecule has 0 spiro atoms.